The molecule has 2 rings (SSSR count). The summed E-state index contributed by atoms with van der Waals surface area (Å²) in [6.45, 7) is 0.845. The highest BCUT2D eigenvalue weighted by molar-refractivity contribution is 5.91. The molecule has 0 radical (unpaired) electrons. The van der Waals surface area contributed by atoms with Crippen LogP contribution in [0.4, 0.5) is 0 Å². The molecule has 3 N–H and O–H groups in total. The molecule has 1 heterocycles. The Balaban J connectivity index is 1.89. The molecule has 5 nitrogen and oxygen atoms in total. The molecule has 1 aliphatic carbocycles. The summed E-state index contributed by atoms with van der Waals surface area (Å²) in [5, 5.41) is 14.7. The van der Waals surface area contributed by atoms with Gasteiger partial charge in [0, 0.05) is 0 Å². The Hall–Kier alpha value is -1.10. The average Bonchev–Trinajstić information content (AvgIpc) is 3.00. The number of carboxylic acids is 1. The molecule has 1 amide bonds. The highest BCUT2D eigenvalue weighted by Gasteiger charge is 2.52. The molecule has 0 unspecified atom stereocenters. The van der Waals surface area contributed by atoms with Crippen LogP contribution in [0.2, 0.25) is 0 Å². The average molecular weight is 212 g/mol. The fourth-order valence-corrected chi connectivity index (χ4v) is 1.92. The highest BCUT2D eigenvalue weighted by Crippen LogP contribution is 2.35. The number of rotatable bonds is 3. The van der Waals surface area contributed by atoms with Crippen molar-refractivity contribution in [3.63, 3.8) is 0 Å². The third-order valence-electron chi connectivity index (χ3n) is 3.15. The van der Waals surface area contributed by atoms with Crippen molar-refractivity contribution >= 4 is 11.9 Å². The lowest BCUT2D eigenvalue weighted by atomic mass is 10.0. The molecule has 0 aromatic heterocycles. The molecule has 1 saturated heterocycles. The van der Waals surface area contributed by atoms with E-state index in [1.165, 1.54) is 0 Å². The molecule has 1 aliphatic heterocycles. The maximum Gasteiger partial charge on any atom is 0.329 e. The SMILES string of the molecule is O=C(NC1(C(=O)O)CC1)[C@H]1CCCCN1. The van der Waals surface area contributed by atoms with Crippen LogP contribution in [0.15, 0.2) is 0 Å². The van der Waals surface area contributed by atoms with Crippen molar-refractivity contribution in [2.24, 2.45) is 0 Å². The van der Waals surface area contributed by atoms with Crippen LogP contribution < -0.4 is 10.6 Å². The number of carbonyl (C=O) groups is 2. The lowest BCUT2D eigenvalue weighted by Gasteiger charge is -2.24. The Labute approximate surface area is 88.2 Å². The number of hydrogen-bond acceptors (Lipinski definition) is 3. The first kappa shape index (κ1) is 10.4. The van der Waals surface area contributed by atoms with Crippen LogP contribution in [0.5, 0.6) is 0 Å². The molecule has 5 heteroatoms. The third kappa shape index (κ3) is 2.12. The summed E-state index contributed by atoms with van der Waals surface area (Å²) in [4.78, 5) is 22.6. The second kappa shape index (κ2) is 3.81. The fraction of sp³-hybridized carbons (Fsp3) is 0.800. The van der Waals surface area contributed by atoms with Gasteiger partial charge in [-0.3, -0.25) is 4.79 Å². The molecule has 84 valence electrons. The number of amides is 1. The van der Waals surface area contributed by atoms with Crippen molar-refractivity contribution < 1.29 is 14.7 Å². The van der Waals surface area contributed by atoms with E-state index < -0.39 is 11.5 Å². The predicted octanol–water partition coefficient (Wildman–Crippen LogP) is -0.138. The number of aliphatic carboxylic acids is 1. The summed E-state index contributed by atoms with van der Waals surface area (Å²) in [6.07, 6.45) is 4.04. The monoisotopic (exact) mass is 212 g/mol. The van der Waals surface area contributed by atoms with E-state index >= 15 is 0 Å². The second-order valence-electron chi connectivity index (χ2n) is 4.38. The van der Waals surface area contributed by atoms with E-state index in [1.54, 1.807) is 0 Å². The summed E-state index contributed by atoms with van der Waals surface area (Å²) in [6, 6.07) is -0.199. The number of carboxylic acid groups (broad SMARTS) is 1. The van der Waals surface area contributed by atoms with Crippen LogP contribution in [0.3, 0.4) is 0 Å². The van der Waals surface area contributed by atoms with Gasteiger partial charge in [0.2, 0.25) is 5.91 Å². The van der Waals surface area contributed by atoms with E-state index in [1.807, 2.05) is 0 Å². The van der Waals surface area contributed by atoms with Gasteiger partial charge in [-0.1, -0.05) is 6.42 Å². The van der Waals surface area contributed by atoms with Crippen molar-refractivity contribution in [3.05, 3.63) is 0 Å². The first-order chi connectivity index (χ1) is 7.14. The van der Waals surface area contributed by atoms with E-state index in [4.69, 9.17) is 5.11 Å². The minimum atomic E-state index is -0.948. The van der Waals surface area contributed by atoms with Crippen LogP contribution in [-0.2, 0) is 9.59 Å². The summed E-state index contributed by atoms with van der Waals surface area (Å²) in [5.41, 5.74) is -0.948. The summed E-state index contributed by atoms with van der Waals surface area (Å²) in [5.74, 6) is -1.07. The Morgan fingerprint density at radius 1 is 1.33 bits per heavy atom. The van der Waals surface area contributed by atoms with E-state index in [2.05, 4.69) is 10.6 Å². The fourth-order valence-electron chi connectivity index (χ4n) is 1.92. The molecule has 0 aromatic rings. The molecule has 1 saturated carbocycles. The molecule has 1 atom stereocenters. The first-order valence-corrected chi connectivity index (χ1v) is 5.43. The van der Waals surface area contributed by atoms with Gasteiger partial charge in [-0.15, -0.1) is 0 Å². The van der Waals surface area contributed by atoms with Gasteiger partial charge in [-0.05, 0) is 32.2 Å². The largest absolute Gasteiger partial charge is 0.480 e. The quantitative estimate of drug-likeness (QED) is 0.608. The van der Waals surface area contributed by atoms with Crippen LogP contribution in [-0.4, -0.2) is 35.1 Å². The maximum absolute atomic E-state index is 11.7. The van der Waals surface area contributed by atoms with Gasteiger partial charge in [0.1, 0.15) is 5.54 Å². The van der Waals surface area contributed by atoms with E-state index in [9.17, 15) is 9.59 Å². The molecular formula is C10H16N2O3. The zero-order chi connectivity index (χ0) is 10.9. The Morgan fingerprint density at radius 3 is 2.53 bits per heavy atom. The van der Waals surface area contributed by atoms with Gasteiger partial charge < -0.3 is 15.7 Å². The molecule has 0 aromatic carbocycles. The first-order valence-electron chi connectivity index (χ1n) is 5.43. The summed E-state index contributed by atoms with van der Waals surface area (Å²) >= 11 is 0. The molecule has 2 aliphatic rings. The van der Waals surface area contributed by atoms with Crippen LogP contribution in [0.25, 0.3) is 0 Å². The zero-order valence-corrected chi connectivity index (χ0v) is 8.58. The van der Waals surface area contributed by atoms with Crippen LogP contribution in [0.1, 0.15) is 32.1 Å². The van der Waals surface area contributed by atoms with Gasteiger partial charge in [0.25, 0.3) is 0 Å². The topological polar surface area (TPSA) is 78.4 Å². The Kier molecular flexibility index (Phi) is 2.65. The van der Waals surface area contributed by atoms with Crippen molar-refractivity contribution in [1.29, 1.82) is 0 Å². The number of piperidine rings is 1. The lowest BCUT2D eigenvalue weighted by Crippen LogP contribution is -2.52. The zero-order valence-electron chi connectivity index (χ0n) is 8.58. The highest BCUT2D eigenvalue weighted by atomic mass is 16.4. The number of nitrogens with one attached hydrogen (secondary N) is 2. The maximum atomic E-state index is 11.7. The molecule has 15 heavy (non-hydrogen) atoms. The van der Waals surface area contributed by atoms with Crippen molar-refractivity contribution in [1.82, 2.24) is 10.6 Å². The van der Waals surface area contributed by atoms with Crippen LogP contribution >= 0.6 is 0 Å². The van der Waals surface area contributed by atoms with Gasteiger partial charge in [-0.25, -0.2) is 4.79 Å². The molecule has 0 bridgehead atoms. The normalized spacial score (nSPS) is 28.1. The Morgan fingerprint density at radius 2 is 2.07 bits per heavy atom. The number of hydrogen-bond donors (Lipinski definition) is 3. The van der Waals surface area contributed by atoms with Gasteiger partial charge in [0.05, 0.1) is 6.04 Å². The summed E-state index contributed by atoms with van der Waals surface area (Å²) in [7, 11) is 0. The van der Waals surface area contributed by atoms with Crippen molar-refractivity contribution in [2.45, 2.75) is 43.7 Å². The number of carbonyl (C=O) groups excluding carboxylic acids is 1. The minimum Gasteiger partial charge on any atom is -0.480 e. The predicted molar refractivity (Wildman–Crippen MR) is 53.4 cm³/mol. The van der Waals surface area contributed by atoms with Crippen molar-refractivity contribution in [2.75, 3.05) is 6.54 Å². The standard InChI is InChI=1S/C10H16N2O3/c13-8(7-3-1-2-6-11-7)12-10(4-5-10)9(14)15/h7,11H,1-6H2,(H,12,13)(H,14,15)/t7-/m1/s1. The van der Waals surface area contributed by atoms with E-state index in [0.717, 1.165) is 25.8 Å². The molecule has 0 spiro atoms. The summed E-state index contributed by atoms with van der Waals surface area (Å²) < 4.78 is 0. The third-order valence-corrected chi connectivity index (χ3v) is 3.15. The van der Waals surface area contributed by atoms with Crippen molar-refractivity contribution in [3.8, 4) is 0 Å². The van der Waals surface area contributed by atoms with Gasteiger partial charge in [-0.2, -0.15) is 0 Å². The Bertz CT molecular complexity index is 280. The molecule has 2 fully saturated rings. The smallest absolute Gasteiger partial charge is 0.329 e. The van der Waals surface area contributed by atoms with E-state index in [0.29, 0.717) is 12.8 Å². The van der Waals surface area contributed by atoms with E-state index in [-0.39, 0.29) is 11.9 Å². The molecular weight excluding hydrogens is 196 g/mol. The lowest BCUT2D eigenvalue weighted by molar-refractivity contribution is -0.143. The minimum absolute atomic E-state index is 0.158. The van der Waals surface area contributed by atoms with Gasteiger partial charge >= 0.3 is 5.97 Å². The second-order valence-corrected chi connectivity index (χ2v) is 4.38. The van der Waals surface area contributed by atoms with Crippen LogP contribution in [0, 0.1) is 0 Å². The van der Waals surface area contributed by atoms with Gasteiger partial charge in [0.15, 0.2) is 0 Å².